The van der Waals surface area contributed by atoms with E-state index in [-0.39, 0.29) is 33.9 Å². The largest absolute Gasteiger partial charge is 0.507 e. The Morgan fingerprint density at radius 1 is 1.27 bits per heavy atom. The third kappa shape index (κ3) is 3.93. The summed E-state index contributed by atoms with van der Waals surface area (Å²) >= 11 is 0. The van der Waals surface area contributed by atoms with E-state index in [2.05, 4.69) is 19.2 Å². The molecule has 7 nitrogen and oxygen atoms in total. The van der Waals surface area contributed by atoms with Crippen LogP contribution in [0, 0.1) is 10.1 Å². The Kier molecular flexibility index (Phi) is 5.50. The number of phenols is 1. The Morgan fingerprint density at radius 2 is 1.96 bits per heavy atom. The minimum atomic E-state index is -0.545. The van der Waals surface area contributed by atoms with Crippen molar-refractivity contribution in [1.82, 2.24) is 0 Å². The van der Waals surface area contributed by atoms with E-state index in [4.69, 9.17) is 4.74 Å². The van der Waals surface area contributed by atoms with Crippen LogP contribution >= 0.6 is 0 Å². The number of hydrogen-bond donors (Lipinski definition) is 2. The van der Waals surface area contributed by atoms with Crippen LogP contribution in [0.2, 0.25) is 0 Å². The van der Waals surface area contributed by atoms with Crippen molar-refractivity contribution in [2.45, 2.75) is 32.6 Å². The molecule has 0 heterocycles. The second kappa shape index (κ2) is 7.43. The first-order valence-electron chi connectivity index (χ1n) is 8.17. The topological polar surface area (TPSA) is 102 Å². The Labute approximate surface area is 151 Å². The number of nitrogens with zero attached hydrogens (tertiary/aromatic N) is 1. The van der Waals surface area contributed by atoms with Crippen LogP contribution in [-0.4, -0.2) is 23.0 Å². The smallest absolute Gasteiger partial charge is 0.273 e. The summed E-state index contributed by atoms with van der Waals surface area (Å²) in [6.45, 7) is 6.16. The number of methoxy groups -OCH3 is 1. The van der Waals surface area contributed by atoms with Gasteiger partial charge in [-0.1, -0.05) is 26.8 Å². The summed E-state index contributed by atoms with van der Waals surface area (Å²) in [4.78, 5) is 22.9. The zero-order valence-corrected chi connectivity index (χ0v) is 15.2. The number of ether oxygens (including phenoxy) is 1. The highest BCUT2D eigenvalue weighted by atomic mass is 16.6. The van der Waals surface area contributed by atoms with Gasteiger partial charge in [0.2, 0.25) is 0 Å². The molecule has 7 heteroatoms. The van der Waals surface area contributed by atoms with Crippen LogP contribution in [-0.2, 0) is 5.41 Å². The standard InChI is InChI=1S/C19H22N2O5/c1-5-19(2,3)12-6-9-16(22)14(10-12)18(23)20-15-8-7-13(21(24)25)11-17(15)26-4/h6-11,22H,5H2,1-4H3,(H,20,23). The van der Waals surface area contributed by atoms with Gasteiger partial charge in [-0.05, 0) is 35.6 Å². The molecule has 0 unspecified atom stereocenters. The average molecular weight is 358 g/mol. The minimum absolute atomic E-state index is 0.129. The molecule has 0 aromatic heterocycles. The lowest BCUT2D eigenvalue weighted by Gasteiger charge is -2.24. The number of benzene rings is 2. The van der Waals surface area contributed by atoms with Gasteiger partial charge in [-0.25, -0.2) is 0 Å². The molecule has 0 aliphatic rings. The highest BCUT2D eigenvalue weighted by Crippen LogP contribution is 2.32. The maximum atomic E-state index is 12.6. The van der Waals surface area contributed by atoms with Crippen molar-refractivity contribution >= 4 is 17.3 Å². The molecule has 26 heavy (non-hydrogen) atoms. The van der Waals surface area contributed by atoms with Gasteiger partial charge in [0.15, 0.2) is 0 Å². The van der Waals surface area contributed by atoms with Crippen LogP contribution in [0.4, 0.5) is 11.4 Å². The molecule has 0 atom stereocenters. The van der Waals surface area contributed by atoms with Gasteiger partial charge in [0.05, 0.1) is 29.4 Å². The van der Waals surface area contributed by atoms with Crippen molar-refractivity contribution in [2.75, 3.05) is 12.4 Å². The molecule has 0 aliphatic heterocycles. The second-order valence-corrected chi connectivity index (χ2v) is 6.57. The van der Waals surface area contributed by atoms with E-state index in [9.17, 15) is 20.0 Å². The maximum absolute atomic E-state index is 12.6. The monoisotopic (exact) mass is 358 g/mol. The van der Waals surface area contributed by atoms with Crippen molar-refractivity contribution in [2.24, 2.45) is 0 Å². The molecule has 0 radical (unpaired) electrons. The number of carbonyl (C=O) groups excluding carboxylic acids is 1. The second-order valence-electron chi connectivity index (χ2n) is 6.57. The Hall–Kier alpha value is -3.09. The zero-order chi connectivity index (χ0) is 19.5. The molecule has 0 saturated carbocycles. The summed E-state index contributed by atoms with van der Waals surface area (Å²) < 4.78 is 5.12. The van der Waals surface area contributed by atoms with E-state index in [0.717, 1.165) is 12.0 Å². The molecular formula is C19H22N2O5. The van der Waals surface area contributed by atoms with Crippen molar-refractivity contribution < 1.29 is 19.6 Å². The maximum Gasteiger partial charge on any atom is 0.273 e. The molecule has 0 saturated heterocycles. The van der Waals surface area contributed by atoms with E-state index in [1.165, 1.54) is 31.4 Å². The Morgan fingerprint density at radius 3 is 2.54 bits per heavy atom. The first-order valence-corrected chi connectivity index (χ1v) is 8.17. The first kappa shape index (κ1) is 19.2. The van der Waals surface area contributed by atoms with Crippen LogP contribution in [0.1, 0.15) is 43.1 Å². The summed E-state index contributed by atoms with van der Waals surface area (Å²) in [5.41, 5.74) is 1.05. The Bertz CT molecular complexity index is 846. The number of nitrogens with one attached hydrogen (secondary N) is 1. The predicted molar refractivity (Wildman–Crippen MR) is 99.0 cm³/mol. The number of non-ortho nitro benzene ring substituents is 1. The Balaban J connectivity index is 2.36. The lowest BCUT2D eigenvalue weighted by Crippen LogP contribution is -2.18. The van der Waals surface area contributed by atoms with Crippen LogP contribution in [0.25, 0.3) is 0 Å². The fourth-order valence-corrected chi connectivity index (χ4v) is 2.43. The van der Waals surface area contributed by atoms with Crippen molar-refractivity contribution in [3.05, 3.63) is 57.6 Å². The molecule has 2 aromatic carbocycles. The molecule has 0 aliphatic carbocycles. The summed E-state index contributed by atoms with van der Waals surface area (Å²) in [6, 6.07) is 8.84. The van der Waals surface area contributed by atoms with Crippen LogP contribution < -0.4 is 10.1 Å². The van der Waals surface area contributed by atoms with Crippen LogP contribution in [0.5, 0.6) is 11.5 Å². The third-order valence-electron chi connectivity index (χ3n) is 4.55. The van der Waals surface area contributed by atoms with Crippen molar-refractivity contribution in [3.63, 3.8) is 0 Å². The number of hydrogen-bond acceptors (Lipinski definition) is 5. The molecule has 0 fully saturated rings. The predicted octanol–water partition coefficient (Wildman–Crippen LogP) is 4.25. The fraction of sp³-hybridized carbons (Fsp3) is 0.316. The molecule has 2 aromatic rings. The SMILES string of the molecule is CCC(C)(C)c1ccc(O)c(C(=O)Nc2ccc([N+](=O)[O-])cc2OC)c1. The molecule has 2 rings (SSSR count). The number of rotatable bonds is 6. The normalized spacial score (nSPS) is 11.1. The summed E-state index contributed by atoms with van der Waals surface area (Å²) in [5.74, 6) is -0.500. The van der Waals surface area contributed by atoms with Gasteiger partial charge in [0.1, 0.15) is 11.5 Å². The van der Waals surface area contributed by atoms with E-state index < -0.39 is 10.8 Å². The van der Waals surface area contributed by atoms with Crippen molar-refractivity contribution in [3.8, 4) is 11.5 Å². The molecule has 2 N–H and O–H groups in total. The van der Waals surface area contributed by atoms with E-state index in [0.29, 0.717) is 0 Å². The molecule has 0 bridgehead atoms. The van der Waals surface area contributed by atoms with E-state index >= 15 is 0 Å². The number of phenolic OH excluding ortho intramolecular Hbond substituents is 1. The van der Waals surface area contributed by atoms with Crippen LogP contribution in [0.15, 0.2) is 36.4 Å². The number of carbonyl (C=O) groups is 1. The molecular weight excluding hydrogens is 336 g/mol. The quantitative estimate of drug-likeness (QED) is 0.594. The van der Waals surface area contributed by atoms with Crippen LogP contribution in [0.3, 0.4) is 0 Å². The fourth-order valence-electron chi connectivity index (χ4n) is 2.43. The van der Waals surface area contributed by atoms with Gasteiger partial charge in [-0.2, -0.15) is 0 Å². The molecule has 1 amide bonds. The van der Waals surface area contributed by atoms with Gasteiger partial charge < -0.3 is 15.2 Å². The summed E-state index contributed by atoms with van der Waals surface area (Å²) in [5, 5.41) is 23.6. The van der Waals surface area contributed by atoms with Gasteiger partial charge in [0, 0.05) is 6.07 Å². The highest BCUT2D eigenvalue weighted by molar-refractivity contribution is 6.07. The number of amides is 1. The minimum Gasteiger partial charge on any atom is -0.507 e. The molecule has 0 spiro atoms. The van der Waals surface area contributed by atoms with Gasteiger partial charge >= 0.3 is 0 Å². The van der Waals surface area contributed by atoms with Gasteiger partial charge in [0.25, 0.3) is 11.6 Å². The number of nitro benzene ring substituents is 1. The van der Waals surface area contributed by atoms with E-state index in [1.54, 1.807) is 12.1 Å². The third-order valence-corrected chi connectivity index (χ3v) is 4.55. The van der Waals surface area contributed by atoms with Crippen molar-refractivity contribution in [1.29, 1.82) is 0 Å². The number of nitro groups is 1. The average Bonchev–Trinajstić information content (AvgIpc) is 2.61. The molecule has 138 valence electrons. The summed E-state index contributed by atoms with van der Waals surface area (Å²) in [7, 11) is 1.36. The lowest BCUT2D eigenvalue weighted by molar-refractivity contribution is -0.384. The highest BCUT2D eigenvalue weighted by Gasteiger charge is 2.22. The lowest BCUT2D eigenvalue weighted by atomic mass is 9.81. The van der Waals surface area contributed by atoms with Gasteiger partial charge in [-0.15, -0.1) is 0 Å². The zero-order valence-electron chi connectivity index (χ0n) is 15.2. The summed E-state index contributed by atoms with van der Waals surface area (Å²) in [6.07, 6.45) is 0.870. The van der Waals surface area contributed by atoms with Gasteiger partial charge in [-0.3, -0.25) is 14.9 Å². The van der Waals surface area contributed by atoms with E-state index in [1.807, 2.05) is 6.92 Å². The number of anilines is 1. The number of aromatic hydroxyl groups is 1. The first-order chi connectivity index (χ1) is 12.2.